The normalized spacial score (nSPS) is 20.7. The van der Waals surface area contributed by atoms with E-state index in [1.165, 1.54) is 20.8 Å². The minimum Gasteiger partial charge on any atom is -0.380 e. The molecule has 0 spiro atoms. The third-order valence-corrected chi connectivity index (χ3v) is 9.46. The molecule has 0 unspecified atom stereocenters. The molecule has 0 aliphatic carbocycles. The summed E-state index contributed by atoms with van der Waals surface area (Å²) in [5.74, 6) is -17.3. The summed E-state index contributed by atoms with van der Waals surface area (Å²) in [5.41, 5.74) is -1.14. The average Bonchev–Trinajstić information content (AvgIpc) is 2.52. The molecular formula is C14H19F9O5S2. The van der Waals surface area contributed by atoms with Crippen molar-refractivity contribution in [2.24, 2.45) is 5.41 Å². The smallest absolute Gasteiger partial charge is 0.380 e. The van der Waals surface area contributed by atoms with Crippen LogP contribution in [0.4, 0.5) is 39.5 Å². The number of alkyl halides is 9. The summed E-state index contributed by atoms with van der Waals surface area (Å²) < 4.78 is 151. The van der Waals surface area contributed by atoms with E-state index in [2.05, 4.69) is 3.63 Å². The Bertz CT molecular complexity index is 751. The van der Waals surface area contributed by atoms with Crippen LogP contribution in [0.15, 0.2) is 0 Å². The third kappa shape index (κ3) is 4.85. The zero-order valence-electron chi connectivity index (χ0n) is 15.8. The van der Waals surface area contributed by atoms with Crippen LogP contribution in [0.3, 0.4) is 0 Å². The standard InChI is InChI=1S/C14H19F9O5S2/c1-10(2,3)9(24)8-29(6-4-27-5-7-29)28-30(25,26)14(22,23)12(17,18)11(15,16)13(19,20)21/h4-8H2,1-3H3. The van der Waals surface area contributed by atoms with Crippen molar-refractivity contribution < 1.29 is 61.1 Å². The summed E-state index contributed by atoms with van der Waals surface area (Å²) in [6.45, 7) is 3.47. The molecule has 0 amide bonds. The molecule has 30 heavy (non-hydrogen) atoms. The van der Waals surface area contributed by atoms with Crippen molar-refractivity contribution in [1.29, 1.82) is 0 Å². The van der Waals surface area contributed by atoms with E-state index in [9.17, 15) is 52.7 Å². The van der Waals surface area contributed by atoms with Crippen LogP contribution < -0.4 is 0 Å². The van der Waals surface area contributed by atoms with Crippen molar-refractivity contribution in [2.45, 2.75) is 44.0 Å². The van der Waals surface area contributed by atoms with Gasteiger partial charge in [0, 0.05) is 16.9 Å². The Balaban J connectivity index is 3.40. The van der Waals surface area contributed by atoms with E-state index in [1.54, 1.807) is 0 Å². The van der Waals surface area contributed by atoms with Crippen molar-refractivity contribution in [3.8, 4) is 0 Å². The van der Waals surface area contributed by atoms with Crippen molar-refractivity contribution in [3.63, 3.8) is 0 Å². The lowest BCUT2D eigenvalue weighted by atomic mass is 9.92. The fourth-order valence-corrected chi connectivity index (χ4v) is 7.36. The Kier molecular flexibility index (Phi) is 7.27. The monoisotopic (exact) mass is 502 g/mol. The van der Waals surface area contributed by atoms with Gasteiger partial charge in [-0.05, 0) is 0 Å². The van der Waals surface area contributed by atoms with Crippen molar-refractivity contribution in [1.82, 2.24) is 0 Å². The second-order valence-electron chi connectivity index (χ2n) is 7.49. The number of ether oxygens (including phenoxy) is 1. The minimum absolute atomic E-state index is 0.330. The first-order valence-electron chi connectivity index (χ1n) is 8.07. The second-order valence-corrected chi connectivity index (χ2v) is 12.5. The molecule has 1 saturated heterocycles. The molecule has 16 heteroatoms. The number of ketones is 1. The number of hydrogen-bond acceptors (Lipinski definition) is 5. The number of halogens is 9. The van der Waals surface area contributed by atoms with Crippen LogP contribution >= 0.6 is 10.3 Å². The van der Waals surface area contributed by atoms with E-state index in [0.717, 1.165) is 0 Å². The van der Waals surface area contributed by atoms with Crippen molar-refractivity contribution in [2.75, 3.05) is 30.5 Å². The maximum Gasteiger partial charge on any atom is 0.460 e. The molecule has 1 aliphatic heterocycles. The Labute approximate surface area is 167 Å². The van der Waals surface area contributed by atoms with Gasteiger partial charge in [0.2, 0.25) is 0 Å². The Hall–Kier alpha value is -0.740. The highest BCUT2D eigenvalue weighted by Gasteiger charge is 2.86. The summed E-state index contributed by atoms with van der Waals surface area (Å²) in [6, 6.07) is 0. The van der Waals surface area contributed by atoms with E-state index in [-0.39, 0.29) is 13.2 Å². The van der Waals surface area contributed by atoms with Gasteiger partial charge >= 0.3 is 33.4 Å². The fourth-order valence-electron chi connectivity index (χ4n) is 2.07. The van der Waals surface area contributed by atoms with Crippen LogP contribution in [0.5, 0.6) is 0 Å². The lowest BCUT2D eigenvalue weighted by Crippen LogP contribution is -2.63. The molecule has 180 valence electrons. The first-order valence-corrected chi connectivity index (χ1v) is 11.5. The molecule has 0 aromatic carbocycles. The van der Waals surface area contributed by atoms with Crippen molar-refractivity contribution in [3.05, 3.63) is 0 Å². The molecule has 5 nitrogen and oxygen atoms in total. The molecule has 1 rings (SSSR count). The molecule has 1 heterocycles. The predicted octanol–water partition coefficient (Wildman–Crippen LogP) is 4.12. The van der Waals surface area contributed by atoms with Crippen LogP contribution in [0.1, 0.15) is 20.8 Å². The number of carbonyl (C=O) groups excluding carboxylic acids is 1. The van der Waals surface area contributed by atoms with Gasteiger partial charge in [-0.2, -0.15) is 47.9 Å². The van der Waals surface area contributed by atoms with Gasteiger partial charge in [-0.1, -0.05) is 20.8 Å². The quantitative estimate of drug-likeness (QED) is 0.490. The highest BCUT2D eigenvalue weighted by atomic mass is 32.3. The van der Waals surface area contributed by atoms with Gasteiger partial charge < -0.3 is 4.74 Å². The predicted molar refractivity (Wildman–Crippen MR) is 88.4 cm³/mol. The number of carbonyl (C=O) groups is 1. The van der Waals surface area contributed by atoms with Gasteiger partial charge in [-0.25, -0.2) is 3.63 Å². The minimum atomic E-state index is -7.39. The number of rotatable bonds is 7. The maximum atomic E-state index is 14.0. The largest absolute Gasteiger partial charge is 0.460 e. The number of hydrogen-bond donors (Lipinski definition) is 0. The lowest BCUT2D eigenvalue weighted by molar-refractivity contribution is -0.382. The molecule has 0 aromatic rings. The maximum absolute atomic E-state index is 14.0. The van der Waals surface area contributed by atoms with Gasteiger partial charge in [0.25, 0.3) is 0 Å². The zero-order valence-corrected chi connectivity index (χ0v) is 17.4. The molecule has 0 saturated carbocycles. The zero-order chi connectivity index (χ0) is 24.0. The van der Waals surface area contributed by atoms with Crippen molar-refractivity contribution >= 4 is 26.2 Å². The van der Waals surface area contributed by atoms with Crippen LogP contribution in [0.2, 0.25) is 0 Å². The van der Waals surface area contributed by atoms with E-state index in [0.29, 0.717) is 0 Å². The second kappa shape index (κ2) is 7.99. The fraction of sp³-hybridized carbons (Fsp3) is 0.929. The van der Waals surface area contributed by atoms with Gasteiger partial charge in [-0.3, -0.25) is 4.79 Å². The van der Waals surface area contributed by atoms with Crippen LogP contribution in [0, 0.1) is 5.41 Å². The molecule has 0 bridgehead atoms. The topological polar surface area (TPSA) is 69.7 Å². The molecule has 0 radical (unpaired) electrons. The average molecular weight is 502 g/mol. The Morgan fingerprint density at radius 2 is 1.33 bits per heavy atom. The lowest BCUT2D eigenvalue weighted by Gasteiger charge is -2.43. The highest BCUT2D eigenvalue weighted by molar-refractivity contribution is 8.33. The van der Waals surface area contributed by atoms with E-state index in [4.69, 9.17) is 4.74 Å². The van der Waals surface area contributed by atoms with Crippen LogP contribution in [0.25, 0.3) is 0 Å². The van der Waals surface area contributed by atoms with Crippen LogP contribution in [-0.4, -0.2) is 67.9 Å². The summed E-state index contributed by atoms with van der Waals surface area (Å²) in [5, 5.41) is -6.96. The number of Topliss-reactive ketones (excluding diaryl/α,β-unsaturated/α-hetero) is 1. The summed E-state index contributed by atoms with van der Waals surface area (Å²) in [6.07, 6.45) is -7.18. The molecule has 0 aromatic heterocycles. The van der Waals surface area contributed by atoms with Gasteiger partial charge in [-0.15, -0.1) is 10.3 Å². The molecule has 1 aliphatic rings. The van der Waals surface area contributed by atoms with E-state index >= 15 is 0 Å². The first kappa shape index (κ1) is 27.3. The van der Waals surface area contributed by atoms with Crippen LogP contribution in [-0.2, 0) is 23.3 Å². The Morgan fingerprint density at radius 1 is 0.900 bits per heavy atom. The van der Waals surface area contributed by atoms with E-state index < -0.39 is 72.2 Å². The Morgan fingerprint density at radius 3 is 1.70 bits per heavy atom. The molecule has 1 fully saturated rings. The summed E-state index contributed by atoms with van der Waals surface area (Å²) in [4.78, 5) is 12.3. The van der Waals surface area contributed by atoms with Gasteiger partial charge in [0.15, 0.2) is 0 Å². The van der Waals surface area contributed by atoms with Gasteiger partial charge in [0.05, 0.1) is 19.0 Å². The SMILES string of the molecule is CC(C)(C)C(=O)CS1(OS(=O)(=O)C(F)(F)C(F)(F)C(F)(F)C(F)(F)F)CCOCC1. The van der Waals surface area contributed by atoms with E-state index in [1.807, 2.05) is 0 Å². The first-order chi connectivity index (χ1) is 13.0. The highest BCUT2D eigenvalue weighted by Crippen LogP contribution is 2.59. The summed E-state index contributed by atoms with van der Waals surface area (Å²) >= 11 is 0. The molecule has 0 N–H and O–H groups in total. The van der Waals surface area contributed by atoms with Gasteiger partial charge in [0.1, 0.15) is 5.78 Å². The molecule has 0 atom stereocenters. The molecular weight excluding hydrogens is 483 g/mol. The summed E-state index contributed by atoms with van der Waals surface area (Å²) in [7, 11) is -10.5. The third-order valence-electron chi connectivity index (χ3n) is 4.09.